The van der Waals surface area contributed by atoms with Crippen LogP contribution in [-0.2, 0) is 21.2 Å². The number of carbonyl (C=O) groups is 1. The van der Waals surface area contributed by atoms with Gasteiger partial charge in [-0.25, -0.2) is 8.42 Å². The van der Waals surface area contributed by atoms with E-state index in [0.717, 1.165) is 9.87 Å². The number of nitrogens with zero attached hydrogens (tertiary/aromatic N) is 1. The highest BCUT2D eigenvalue weighted by Gasteiger charge is 2.34. The Bertz CT molecular complexity index is 696. The van der Waals surface area contributed by atoms with E-state index in [1.807, 2.05) is 18.2 Å². The van der Waals surface area contributed by atoms with Crippen LogP contribution < -0.4 is 11.1 Å². The summed E-state index contributed by atoms with van der Waals surface area (Å²) in [6, 6.07) is 7.36. The summed E-state index contributed by atoms with van der Waals surface area (Å²) in [6.45, 7) is 0.549. The molecule has 1 aromatic carbocycles. The number of nitrogens with two attached hydrogens (primary N) is 1. The molecule has 1 aromatic rings. The number of aryl methyl sites for hydroxylation is 1. The molecule has 1 fully saturated rings. The van der Waals surface area contributed by atoms with Gasteiger partial charge in [0, 0.05) is 31.7 Å². The third-order valence-electron chi connectivity index (χ3n) is 4.42. The lowest BCUT2D eigenvalue weighted by Crippen LogP contribution is -2.43. The summed E-state index contributed by atoms with van der Waals surface area (Å²) in [4.78, 5) is 11.9. The van der Waals surface area contributed by atoms with E-state index in [1.54, 1.807) is 6.07 Å². The van der Waals surface area contributed by atoms with Crippen molar-refractivity contribution in [2.24, 2.45) is 5.92 Å². The lowest BCUT2D eigenvalue weighted by molar-refractivity contribution is -0.121. The summed E-state index contributed by atoms with van der Waals surface area (Å²) < 4.78 is 48.6. The average molecular weight is 412 g/mol. The zero-order valence-electron chi connectivity index (χ0n) is 14.2. The second-order valence-corrected chi connectivity index (χ2v) is 8.05. The lowest BCUT2D eigenvalue weighted by Gasteiger charge is -2.30. The van der Waals surface area contributed by atoms with Crippen molar-refractivity contribution < 1.29 is 22.0 Å². The first-order valence-electron chi connectivity index (χ1n) is 8.18. The molecule has 148 valence electrons. The molecule has 1 amide bonds. The third-order valence-corrected chi connectivity index (χ3v) is 5.96. The maximum absolute atomic E-state index is 12.5. The Hall–Kier alpha value is -1.45. The van der Waals surface area contributed by atoms with Gasteiger partial charge in [-0.2, -0.15) is 13.1 Å². The fraction of sp³-hybridized carbons (Fsp3) is 0.562. The van der Waals surface area contributed by atoms with Crippen LogP contribution in [0.25, 0.3) is 0 Å². The zero-order chi connectivity index (χ0) is 18.4. The number of anilines is 1. The number of sulfonamides is 1. The molecule has 0 aromatic heterocycles. The third kappa shape index (κ3) is 6.07. The smallest absolute Gasteiger partial charge is 0.350 e. The molecule has 0 spiro atoms. The number of halogens is 3. The Labute approximate surface area is 158 Å². The first-order chi connectivity index (χ1) is 11.8. The summed E-state index contributed by atoms with van der Waals surface area (Å²) in [7, 11) is -4.50. The molecule has 1 aliphatic rings. The largest absolute Gasteiger partial charge is 0.399 e. The molecule has 1 aliphatic heterocycles. The van der Waals surface area contributed by atoms with Gasteiger partial charge in [0.05, 0.1) is 0 Å². The summed E-state index contributed by atoms with van der Waals surface area (Å²) in [5.74, 6) is -3.39. The standard InChI is InChI=1S/C16H23F2N3O3S.ClH/c17-16(18)25(23,24)21-9-7-12(8-10-21)11-20-15(22)6-5-13-3-1-2-4-14(13)19;/h1-4,12,16H,5-11,19H2,(H,20,22);1H. The number of piperidine rings is 1. The van der Waals surface area contributed by atoms with Crippen LogP contribution in [0.1, 0.15) is 24.8 Å². The van der Waals surface area contributed by atoms with Crippen LogP contribution in [-0.4, -0.2) is 44.0 Å². The number of hydrogen-bond acceptors (Lipinski definition) is 4. The van der Waals surface area contributed by atoms with E-state index in [0.29, 0.717) is 37.9 Å². The minimum Gasteiger partial charge on any atom is -0.399 e. The van der Waals surface area contributed by atoms with E-state index >= 15 is 0 Å². The molecule has 0 unspecified atom stereocenters. The quantitative estimate of drug-likeness (QED) is 0.671. The Morgan fingerprint density at radius 3 is 2.46 bits per heavy atom. The number of benzene rings is 1. The number of para-hydroxylation sites is 1. The molecule has 1 heterocycles. The van der Waals surface area contributed by atoms with Gasteiger partial charge in [-0.3, -0.25) is 4.79 Å². The van der Waals surface area contributed by atoms with Gasteiger partial charge >= 0.3 is 5.76 Å². The molecule has 6 nitrogen and oxygen atoms in total. The highest BCUT2D eigenvalue weighted by molar-refractivity contribution is 7.89. The van der Waals surface area contributed by atoms with Gasteiger partial charge in [-0.1, -0.05) is 18.2 Å². The first-order valence-corrected chi connectivity index (χ1v) is 9.68. The molecule has 0 bridgehead atoms. The van der Waals surface area contributed by atoms with Gasteiger partial charge < -0.3 is 11.1 Å². The van der Waals surface area contributed by atoms with Crippen LogP contribution in [0.3, 0.4) is 0 Å². The van der Waals surface area contributed by atoms with Crippen LogP contribution in [0, 0.1) is 5.92 Å². The molecule has 0 saturated carbocycles. The maximum atomic E-state index is 12.5. The number of amides is 1. The molecule has 10 heteroatoms. The summed E-state index contributed by atoms with van der Waals surface area (Å²) in [5.41, 5.74) is 7.40. The molecule has 2 rings (SSSR count). The Kier molecular flexibility index (Phi) is 8.72. The van der Waals surface area contributed by atoms with E-state index < -0.39 is 15.8 Å². The minimum atomic E-state index is -4.50. The predicted molar refractivity (Wildman–Crippen MR) is 98.7 cm³/mol. The molecule has 0 aliphatic carbocycles. The van der Waals surface area contributed by atoms with Crippen molar-refractivity contribution in [2.75, 3.05) is 25.4 Å². The van der Waals surface area contributed by atoms with E-state index in [1.165, 1.54) is 0 Å². The van der Waals surface area contributed by atoms with Crippen LogP contribution in [0.15, 0.2) is 24.3 Å². The number of nitrogen functional groups attached to an aromatic ring is 1. The number of carbonyl (C=O) groups excluding carboxylic acids is 1. The first kappa shape index (κ1) is 22.6. The second-order valence-electron chi connectivity index (χ2n) is 6.15. The number of nitrogens with one attached hydrogen (secondary N) is 1. The van der Waals surface area contributed by atoms with Crippen molar-refractivity contribution in [3.8, 4) is 0 Å². The van der Waals surface area contributed by atoms with Crippen LogP contribution in [0.2, 0.25) is 0 Å². The van der Waals surface area contributed by atoms with E-state index in [9.17, 15) is 22.0 Å². The van der Waals surface area contributed by atoms with Crippen molar-refractivity contribution in [3.63, 3.8) is 0 Å². The van der Waals surface area contributed by atoms with Crippen LogP contribution >= 0.6 is 12.4 Å². The second kappa shape index (κ2) is 10.0. The minimum absolute atomic E-state index is 0. The Morgan fingerprint density at radius 2 is 1.88 bits per heavy atom. The predicted octanol–water partition coefficient (Wildman–Crippen LogP) is 2.00. The van der Waals surface area contributed by atoms with Gasteiger partial charge in [-0.15, -0.1) is 12.4 Å². The van der Waals surface area contributed by atoms with E-state index in [4.69, 9.17) is 5.73 Å². The highest BCUT2D eigenvalue weighted by Crippen LogP contribution is 2.22. The molecule has 0 radical (unpaired) electrons. The number of alkyl halides is 2. The van der Waals surface area contributed by atoms with E-state index in [-0.39, 0.29) is 37.3 Å². The van der Waals surface area contributed by atoms with Crippen molar-refractivity contribution >= 4 is 34.0 Å². The summed E-state index contributed by atoms with van der Waals surface area (Å²) in [5, 5.41) is 2.82. The lowest BCUT2D eigenvalue weighted by atomic mass is 9.98. The van der Waals surface area contributed by atoms with Crippen molar-refractivity contribution in [2.45, 2.75) is 31.4 Å². The average Bonchev–Trinajstić information content (AvgIpc) is 2.59. The Morgan fingerprint density at radius 1 is 1.27 bits per heavy atom. The van der Waals surface area contributed by atoms with Gasteiger partial charge in [-0.05, 0) is 36.8 Å². The topological polar surface area (TPSA) is 92.5 Å². The summed E-state index contributed by atoms with van der Waals surface area (Å²) in [6.07, 6.45) is 1.77. The van der Waals surface area contributed by atoms with Crippen molar-refractivity contribution in [3.05, 3.63) is 29.8 Å². The Balaban J connectivity index is 0.00000338. The zero-order valence-corrected chi connectivity index (χ0v) is 15.9. The monoisotopic (exact) mass is 411 g/mol. The number of hydrogen-bond donors (Lipinski definition) is 2. The number of rotatable bonds is 7. The van der Waals surface area contributed by atoms with Crippen LogP contribution in [0.4, 0.5) is 14.5 Å². The molecule has 1 saturated heterocycles. The fourth-order valence-electron chi connectivity index (χ4n) is 2.84. The van der Waals surface area contributed by atoms with Crippen molar-refractivity contribution in [1.82, 2.24) is 9.62 Å². The SMILES string of the molecule is Cl.Nc1ccccc1CCC(=O)NCC1CCN(S(=O)(=O)C(F)F)CC1. The fourth-order valence-corrected chi connectivity index (χ4v) is 3.78. The van der Waals surface area contributed by atoms with Gasteiger partial charge in [0.1, 0.15) is 0 Å². The molecule has 3 N–H and O–H groups in total. The highest BCUT2D eigenvalue weighted by atomic mass is 35.5. The molecular weight excluding hydrogens is 388 g/mol. The molecule has 0 atom stereocenters. The van der Waals surface area contributed by atoms with E-state index in [2.05, 4.69) is 5.32 Å². The normalized spacial score (nSPS) is 16.3. The van der Waals surface area contributed by atoms with Crippen LogP contribution in [0.5, 0.6) is 0 Å². The van der Waals surface area contributed by atoms with Gasteiger partial charge in [0.2, 0.25) is 5.91 Å². The molecule has 26 heavy (non-hydrogen) atoms. The molecular formula is C16H24ClF2N3O3S. The van der Waals surface area contributed by atoms with Gasteiger partial charge in [0.15, 0.2) is 0 Å². The van der Waals surface area contributed by atoms with Gasteiger partial charge in [0.25, 0.3) is 10.0 Å². The summed E-state index contributed by atoms with van der Waals surface area (Å²) >= 11 is 0. The maximum Gasteiger partial charge on any atom is 0.350 e. The van der Waals surface area contributed by atoms with Crippen molar-refractivity contribution in [1.29, 1.82) is 0 Å².